The van der Waals surface area contributed by atoms with Gasteiger partial charge in [-0.2, -0.15) is 0 Å². The lowest BCUT2D eigenvalue weighted by Gasteiger charge is -2.02. The molecule has 2 aliphatic heterocycles. The van der Waals surface area contributed by atoms with Crippen molar-refractivity contribution in [3.8, 4) is 11.5 Å². The Morgan fingerprint density at radius 3 is 3.06 bits per heavy atom. The Balaban J connectivity index is 1.81. The van der Waals surface area contributed by atoms with E-state index in [0.717, 1.165) is 34.8 Å². The fraction of sp³-hybridized carbons (Fsp3) is 0.231. The van der Waals surface area contributed by atoms with Crippen molar-refractivity contribution >= 4 is 5.71 Å². The van der Waals surface area contributed by atoms with Gasteiger partial charge in [0.25, 0.3) is 0 Å². The van der Waals surface area contributed by atoms with Crippen molar-refractivity contribution < 1.29 is 9.47 Å². The topological polar surface area (TPSA) is 35.2 Å². The van der Waals surface area contributed by atoms with Crippen LogP contribution in [0.5, 0.6) is 11.5 Å². The predicted octanol–water partition coefficient (Wildman–Crippen LogP) is 2.41. The van der Waals surface area contributed by atoms with Crippen molar-refractivity contribution in [2.75, 3.05) is 13.3 Å². The summed E-state index contributed by atoms with van der Waals surface area (Å²) in [6.07, 6.45) is 2.54. The van der Waals surface area contributed by atoms with Gasteiger partial charge in [0.2, 0.25) is 13.3 Å². The van der Waals surface area contributed by atoms with Crippen LogP contribution >= 0.6 is 0 Å². The highest BCUT2D eigenvalue weighted by Gasteiger charge is 2.18. The number of hydrogen-bond acceptors (Lipinski definition) is 3. The Labute approximate surface area is 99.0 Å². The fourth-order valence-electron chi connectivity index (χ4n) is 1.93. The van der Waals surface area contributed by atoms with Crippen LogP contribution < -0.4 is 9.47 Å². The molecular weight excluding hydrogens is 216 g/mol. The molecule has 0 N–H and O–H groups in total. The second kappa shape index (κ2) is 3.95. The van der Waals surface area contributed by atoms with E-state index < -0.39 is 0 Å². The molecule has 2 aliphatic rings. The van der Waals surface area contributed by atoms with Gasteiger partial charge in [-0.15, -0.1) is 0 Å². The number of aliphatic imine (C=N–C) groups is 1. The van der Waals surface area contributed by atoms with Crippen molar-refractivity contribution in [2.24, 2.45) is 4.99 Å². The molecule has 4 nitrogen and oxygen atoms in total. The summed E-state index contributed by atoms with van der Waals surface area (Å²) in [6, 6.07) is 5.81. The van der Waals surface area contributed by atoms with Gasteiger partial charge >= 0.3 is 0 Å². The largest absolute Gasteiger partial charge is 0.454 e. The highest BCUT2D eigenvalue weighted by Crippen LogP contribution is 2.33. The molecule has 0 unspecified atom stereocenters. The molecule has 1 aromatic carbocycles. The molecule has 0 aromatic heterocycles. The highest BCUT2D eigenvalue weighted by atomic mass is 16.7. The molecule has 17 heavy (non-hydrogen) atoms. The van der Waals surface area contributed by atoms with E-state index in [2.05, 4.69) is 9.84 Å². The first-order valence-electron chi connectivity index (χ1n) is 5.34. The molecule has 0 atom stereocenters. The second-order valence-electron chi connectivity index (χ2n) is 3.92. The van der Waals surface area contributed by atoms with Gasteiger partial charge in [-0.1, -0.05) is 0 Å². The Morgan fingerprint density at radius 2 is 2.18 bits per heavy atom. The van der Waals surface area contributed by atoms with E-state index in [1.54, 1.807) is 6.20 Å². The molecule has 1 aromatic rings. The van der Waals surface area contributed by atoms with Crippen molar-refractivity contribution in [2.45, 2.75) is 6.42 Å². The van der Waals surface area contributed by atoms with Crippen molar-refractivity contribution in [3.05, 3.63) is 47.0 Å². The van der Waals surface area contributed by atoms with Gasteiger partial charge in [-0.25, -0.2) is 6.57 Å². The van der Waals surface area contributed by atoms with E-state index in [1.807, 2.05) is 18.2 Å². The predicted molar refractivity (Wildman–Crippen MR) is 63.3 cm³/mol. The van der Waals surface area contributed by atoms with Crippen LogP contribution in [0.25, 0.3) is 4.85 Å². The van der Waals surface area contributed by atoms with E-state index in [1.165, 1.54) is 0 Å². The lowest BCUT2D eigenvalue weighted by atomic mass is 10.0. The van der Waals surface area contributed by atoms with Crippen LogP contribution in [0.15, 0.2) is 35.0 Å². The standard InChI is InChI=1S/C13H10N2O2/c1-14-6-9-4-11(15-7-9)10-2-3-12-13(5-10)17-8-16-12/h2-3,5,7H,4,6,8H2. The van der Waals surface area contributed by atoms with Crippen LogP contribution in [0.1, 0.15) is 12.0 Å². The number of ether oxygens (including phenoxy) is 2. The molecule has 0 radical (unpaired) electrons. The summed E-state index contributed by atoms with van der Waals surface area (Å²) >= 11 is 0. The summed E-state index contributed by atoms with van der Waals surface area (Å²) in [5.41, 5.74) is 3.08. The molecule has 0 amide bonds. The van der Waals surface area contributed by atoms with Gasteiger partial charge in [-0.05, 0) is 18.2 Å². The molecule has 3 rings (SSSR count). The minimum Gasteiger partial charge on any atom is -0.454 e. The Hall–Kier alpha value is -2.28. The first-order valence-corrected chi connectivity index (χ1v) is 5.34. The van der Waals surface area contributed by atoms with Crippen LogP contribution in [0.3, 0.4) is 0 Å². The minimum atomic E-state index is 0.284. The number of benzene rings is 1. The van der Waals surface area contributed by atoms with Crippen molar-refractivity contribution in [1.29, 1.82) is 0 Å². The van der Waals surface area contributed by atoms with E-state index in [-0.39, 0.29) is 6.79 Å². The summed E-state index contributed by atoms with van der Waals surface area (Å²) in [7, 11) is 0. The molecule has 0 spiro atoms. The molecule has 0 bridgehead atoms. The molecule has 84 valence electrons. The Bertz CT molecular complexity index is 567. The third-order valence-corrected chi connectivity index (χ3v) is 2.79. The summed E-state index contributed by atoms with van der Waals surface area (Å²) in [6.45, 7) is 7.55. The van der Waals surface area contributed by atoms with Gasteiger partial charge in [0.1, 0.15) is 0 Å². The first kappa shape index (κ1) is 9.91. The zero-order valence-corrected chi connectivity index (χ0v) is 9.14. The van der Waals surface area contributed by atoms with E-state index in [9.17, 15) is 0 Å². The maximum Gasteiger partial charge on any atom is 0.237 e. The average molecular weight is 226 g/mol. The molecule has 0 saturated carbocycles. The van der Waals surface area contributed by atoms with E-state index >= 15 is 0 Å². The number of nitrogens with zero attached hydrogens (tertiary/aromatic N) is 2. The first-order chi connectivity index (χ1) is 8.36. The summed E-state index contributed by atoms with van der Waals surface area (Å²) in [5, 5.41) is 0. The third kappa shape index (κ3) is 1.76. The van der Waals surface area contributed by atoms with Gasteiger partial charge in [0, 0.05) is 23.8 Å². The van der Waals surface area contributed by atoms with Gasteiger partial charge in [0.05, 0.1) is 5.71 Å². The molecule has 0 saturated heterocycles. The molecule has 0 aliphatic carbocycles. The van der Waals surface area contributed by atoms with Crippen LogP contribution in [-0.2, 0) is 0 Å². The Morgan fingerprint density at radius 1 is 1.29 bits per heavy atom. The zero-order valence-electron chi connectivity index (χ0n) is 9.14. The number of hydrogen-bond donors (Lipinski definition) is 0. The molecule has 0 fully saturated rings. The third-order valence-electron chi connectivity index (χ3n) is 2.79. The molecule has 4 heteroatoms. The van der Waals surface area contributed by atoms with Crippen LogP contribution in [0.4, 0.5) is 0 Å². The van der Waals surface area contributed by atoms with Gasteiger partial charge in [0.15, 0.2) is 11.5 Å². The van der Waals surface area contributed by atoms with Crippen LogP contribution in [-0.4, -0.2) is 19.0 Å². The maximum absolute atomic E-state index is 6.83. The summed E-state index contributed by atoms with van der Waals surface area (Å²) in [5.74, 6) is 1.55. The molecule has 2 heterocycles. The number of fused-ring (bicyclic) bond motifs is 1. The maximum atomic E-state index is 6.83. The summed E-state index contributed by atoms with van der Waals surface area (Å²) in [4.78, 5) is 7.71. The average Bonchev–Trinajstić information content (AvgIpc) is 2.96. The lowest BCUT2D eigenvalue weighted by molar-refractivity contribution is 0.174. The van der Waals surface area contributed by atoms with Crippen LogP contribution in [0.2, 0.25) is 0 Å². The fourth-order valence-corrected chi connectivity index (χ4v) is 1.93. The smallest absolute Gasteiger partial charge is 0.237 e. The van der Waals surface area contributed by atoms with Gasteiger partial charge < -0.3 is 14.3 Å². The lowest BCUT2D eigenvalue weighted by Crippen LogP contribution is -1.99. The van der Waals surface area contributed by atoms with E-state index in [4.69, 9.17) is 16.0 Å². The highest BCUT2D eigenvalue weighted by molar-refractivity contribution is 6.04. The van der Waals surface area contributed by atoms with Crippen molar-refractivity contribution in [1.82, 2.24) is 0 Å². The quantitative estimate of drug-likeness (QED) is 0.726. The Kier molecular flexibility index (Phi) is 2.30. The zero-order chi connectivity index (χ0) is 11.7. The van der Waals surface area contributed by atoms with Crippen molar-refractivity contribution in [3.63, 3.8) is 0 Å². The number of rotatable bonds is 2. The monoisotopic (exact) mass is 226 g/mol. The van der Waals surface area contributed by atoms with Crippen LogP contribution in [0, 0.1) is 6.57 Å². The molecular formula is C13H10N2O2. The van der Waals surface area contributed by atoms with E-state index in [0.29, 0.717) is 6.54 Å². The SMILES string of the molecule is [C-]#[N+]CC1=CN=C(c2ccc3c(c2)OCO3)C1. The second-order valence-corrected chi connectivity index (χ2v) is 3.92. The normalized spacial score (nSPS) is 16.4. The summed E-state index contributed by atoms with van der Waals surface area (Å²) < 4.78 is 10.6. The minimum absolute atomic E-state index is 0.284. The van der Waals surface area contributed by atoms with Gasteiger partial charge in [-0.3, -0.25) is 4.99 Å².